The van der Waals surface area contributed by atoms with Gasteiger partial charge in [-0.2, -0.15) is 10.2 Å². The first-order valence-electron chi connectivity index (χ1n) is 12.8. The largest absolute Gasteiger partial charge is 0.383 e. The Morgan fingerprint density at radius 3 is 2.50 bits per heavy atom. The molecule has 1 fully saturated rings. The molecule has 1 aliphatic rings. The zero-order valence-corrected chi connectivity index (χ0v) is 22.6. The van der Waals surface area contributed by atoms with Gasteiger partial charge < -0.3 is 15.4 Å². The Morgan fingerprint density at radius 2 is 1.87 bits per heavy atom. The highest BCUT2D eigenvalue weighted by atomic mass is 16.5. The number of ether oxygens (including phenoxy) is 1. The Kier molecular flexibility index (Phi) is 8.93. The van der Waals surface area contributed by atoms with Crippen molar-refractivity contribution in [2.75, 3.05) is 38.7 Å². The van der Waals surface area contributed by atoms with E-state index in [-0.39, 0.29) is 0 Å². The molecule has 38 heavy (non-hydrogen) atoms. The Balaban J connectivity index is 0.000000186. The summed E-state index contributed by atoms with van der Waals surface area (Å²) in [6, 6.07) is 17.9. The molecule has 2 amide bonds. The smallest absolute Gasteiger partial charge is 0.317 e. The van der Waals surface area contributed by atoms with Gasteiger partial charge in [0.1, 0.15) is 11.5 Å². The van der Waals surface area contributed by atoms with Crippen molar-refractivity contribution in [2.24, 2.45) is 12.8 Å². The van der Waals surface area contributed by atoms with Gasteiger partial charge in [-0.15, -0.1) is 0 Å². The van der Waals surface area contributed by atoms with E-state index < -0.39 is 6.03 Å². The number of nitrogens with zero attached hydrogens (tertiary/aromatic N) is 5. The number of urea groups is 1. The van der Waals surface area contributed by atoms with Crippen molar-refractivity contribution in [3.05, 3.63) is 83.7 Å². The molecule has 1 aliphatic heterocycles. The van der Waals surface area contributed by atoms with E-state index in [1.54, 1.807) is 22.7 Å². The molecule has 2 aromatic heterocycles. The first-order valence-corrected chi connectivity index (χ1v) is 12.8. The van der Waals surface area contributed by atoms with Crippen LogP contribution in [-0.4, -0.2) is 63.8 Å². The number of primary amides is 1. The summed E-state index contributed by atoms with van der Waals surface area (Å²) in [6.07, 6.45) is 4.89. The zero-order chi connectivity index (χ0) is 27.1. The molecule has 1 atom stereocenters. The first kappa shape index (κ1) is 27.1. The summed E-state index contributed by atoms with van der Waals surface area (Å²) in [5, 5.41) is 11.4. The number of aromatic nitrogens is 4. The second-order valence-corrected chi connectivity index (χ2v) is 9.65. The van der Waals surface area contributed by atoms with E-state index in [1.165, 1.54) is 30.6 Å². The molecule has 3 heterocycles. The molecular weight excluding hydrogens is 478 g/mol. The molecule has 9 heteroatoms. The van der Waals surface area contributed by atoms with Crippen LogP contribution in [0.3, 0.4) is 0 Å². The van der Waals surface area contributed by atoms with Crippen LogP contribution in [0.5, 0.6) is 0 Å². The molecular formula is C29H37N7O2. The van der Waals surface area contributed by atoms with Crippen molar-refractivity contribution in [1.29, 1.82) is 0 Å². The van der Waals surface area contributed by atoms with Crippen molar-refractivity contribution >= 4 is 11.8 Å². The van der Waals surface area contributed by atoms with Crippen LogP contribution in [0.1, 0.15) is 29.0 Å². The lowest BCUT2D eigenvalue weighted by molar-refractivity contribution is 0.160. The van der Waals surface area contributed by atoms with E-state index in [0.29, 0.717) is 5.82 Å². The van der Waals surface area contributed by atoms with E-state index in [9.17, 15) is 4.79 Å². The minimum atomic E-state index is -0.627. The first-order chi connectivity index (χ1) is 18.4. The van der Waals surface area contributed by atoms with Crippen molar-refractivity contribution in [2.45, 2.75) is 26.2 Å². The van der Waals surface area contributed by atoms with Gasteiger partial charge in [0.25, 0.3) is 0 Å². The fraction of sp³-hybridized carbons (Fsp3) is 0.345. The number of aryl methyl sites for hydroxylation is 2. The Hall–Kier alpha value is -3.95. The minimum absolute atomic E-state index is 0.553. The van der Waals surface area contributed by atoms with Crippen LogP contribution >= 0.6 is 0 Å². The SMILES string of the molecule is COCCN1CCC(c2ccc(C)cc2)C1.Cc1c(-c2cnn(C)c2)nn(-c2ccccc2)c1NC(N)=O. The number of benzene rings is 2. The average molecular weight is 516 g/mol. The van der Waals surface area contributed by atoms with Gasteiger partial charge in [0.15, 0.2) is 0 Å². The molecule has 0 saturated carbocycles. The third-order valence-electron chi connectivity index (χ3n) is 6.78. The number of hydrogen-bond donors (Lipinski definition) is 2. The number of carbonyl (C=O) groups is 1. The number of likely N-dealkylation sites (tertiary alicyclic amines) is 1. The Labute approximate surface area is 224 Å². The van der Waals surface area contributed by atoms with E-state index in [4.69, 9.17) is 10.5 Å². The summed E-state index contributed by atoms with van der Waals surface area (Å²) in [7, 11) is 3.61. The van der Waals surface area contributed by atoms with E-state index in [1.807, 2.05) is 50.5 Å². The molecule has 0 radical (unpaired) electrons. The van der Waals surface area contributed by atoms with Gasteiger partial charge >= 0.3 is 6.03 Å². The summed E-state index contributed by atoms with van der Waals surface area (Å²) >= 11 is 0. The van der Waals surface area contributed by atoms with Crippen LogP contribution in [0.15, 0.2) is 67.0 Å². The maximum atomic E-state index is 11.3. The highest BCUT2D eigenvalue weighted by Crippen LogP contribution is 2.30. The topological polar surface area (TPSA) is 103 Å². The minimum Gasteiger partial charge on any atom is -0.383 e. The molecule has 2 aromatic carbocycles. The number of methoxy groups -OCH3 is 1. The third-order valence-corrected chi connectivity index (χ3v) is 6.78. The number of rotatable bonds is 7. The normalized spacial score (nSPS) is 15.2. The second-order valence-electron chi connectivity index (χ2n) is 9.65. The fourth-order valence-corrected chi connectivity index (χ4v) is 4.70. The Morgan fingerprint density at radius 1 is 1.13 bits per heavy atom. The Bertz CT molecular complexity index is 1330. The van der Waals surface area contributed by atoms with Crippen molar-refractivity contribution < 1.29 is 9.53 Å². The van der Waals surface area contributed by atoms with Crippen LogP contribution < -0.4 is 11.1 Å². The summed E-state index contributed by atoms with van der Waals surface area (Å²) in [4.78, 5) is 13.8. The molecule has 200 valence electrons. The van der Waals surface area contributed by atoms with Gasteiger partial charge in [0.05, 0.1) is 18.5 Å². The van der Waals surface area contributed by atoms with Gasteiger partial charge in [-0.3, -0.25) is 10.00 Å². The summed E-state index contributed by atoms with van der Waals surface area (Å²) in [5.41, 5.74) is 11.4. The monoisotopic (exact) mass is 515 g/mol. The van der Waals surface area contributed by atoms with E-state index >= 15 is 0 Å². The van der Waals surface area contributed by atoms with Crippen LogP contribution in [-0.2, 0) is 11.8 Å². The summed E-state index contributed by atoms with van der Waals surface area (Å²) in [5.74, 6) is 1.27. The standard InChI is InChI=1S/C15H16N6O.C14H21NO/c1-10-13(11-8-17-20(2)9-11)19-21(14(10)18-15(16)22)12-6-4-3-5-7-12;1-12-3-5-13(6-4-12)14-7-8-15(11-14)9-10-16-2/h3-9H,1-2H3,(H3,16,18,22);3-6,14H,7-11H2,1-2H3. The number of carbonyl (C=O) groups excluding carboxylic acids is 1. The van der Waals surface area contributed by atoms with Crippen molar-refractivity contribution in [3.8, 4) is 16.9 Å². The fourth-order valence-electron chi connectivity index (χ4n) is 4.70. The van der Waals surface area contributed by atoms with Gasteiger partial charge in [-0.1, -0.05) is 48.0 Å². The molecule has 1 unspecified atom stereocenters. The number of para-hydroxylation sites is 1. The molecule has 0 bridgehead atoms. The lowest BCUT2D eigenvalue weighted by Crippen LogP contribution is -2.24. The second kappa shape index (κ2) is 12.5. The highest BCUT2D eigenvalue weighted by molar-refractivity contribution is 5.89. The van der Waals surface area contributed by atoms with Crippen LogP contribution in [0, 0.1) is 13.8 Å². The predicted molar refractivity (Wildman–Crippen MR) is 151 cm³/mol. The van der Waals surface area contributed by atoms with Crippen LogP contribution in [0.4, 0.5) is 10.6 Å². The predicted octanol–water partition coefficient (Wildman–Crippen LogP) is 4.50. The summed E-state index contributed by atoms with van der Waals surface area (Å²) in [6.45, 7) is 8.34. The molecule has 0 aliphatic carbocycles. The van der Waals surface area contributed by atoms with Crippen molar-refractivity contribution in [3.63, 3.8) is 0 Å². The number of nitrogens with two attached hydrogens (primary N) is 1. The molecule has 0 spiro atoms. The molecule has 3 N–H and O–H groups in total. The quantitative estimate of drug-likeness (QED) is 0.377. The van der Waals surface area contributed by atoms with Gasteiger partial charge in [-0.05, 0) is 50.4 Å². The van der Waals surface area contributed by atoms with Crippen LogP contribution in [0.25, 0.3) is 16.9 Å². The lowest BCUT2D eigenvalue weighted by atomic mass is 9.98. The molecule has 9 nitrogen and oxygen atoms in total. The number of nitrogens with one attached hydrogen (secondary N) is 1. The number of anilines is 1. The number of amides is 2. The summed E-state index contributed by atoms with van der Waals surface area (Å²) < 4.78 is 8.49. The third kappa shape index (κ3) is 6.67. The lowest BCUT2D eigenvalue weighted by Gasteiger charge is -2.15. The van der Waals surface area contributed by atoms with Gasteiger partial charge in [0, 0.05) is 44.6 Å². The van der Waals surface area contributed by atoms with E-state index in [0.717, 1.165) is 41.6 Å². The van der Waals surface area contributed by atoms with Crippen molar-refractivity contribution in [1.82, 2.24) is 24.5 Å². The maximum Gasteiger partial charge on any atom is 0.317 e. The molecule has 4 aromatic rings. The van der Waals surface area contributed by atoms with Gasteiger partial charge in [0.2, 0.25) is 0 Å². The van der Waals surface area contributed by atoms with Gasteiger partial charge in [-0.25, -0.2) is 9.48 Å². The number of hydrogen-bond acceptors (Lipinski definition) is 5. The molecule has 5 rings (SSSR count). The average Bonchev–Trinajstić information content (AvgIpc) is 3.64. The zero-order valence-electron chi connectivity index (χ0n) is 22.6. The highest BCUT2D eigenvalue weighted by Gasteiger charge is 2.23. The van der Waals surface area contributed by atoms with Crippen LogP contribution in [0.2, 0.25) is 0 Å². The van der Waals surface area contributed by atoms with E-state index in [2.05, 4.69) is 51.6 Å². The molecule has 1 saturated heterocycles. The maximum absolute atomic E-state index is 11.3.